The quantitative estimate of drug-likeness (QED) is 0.829. The van der Waals surface area contributed by atoms with Crippen molar-refractivity contribution in [3.05, 3.63) is 46.8 Å². The molecule has 94 valence electrons. The maximum Gasteiger partial charge on any atom is 0.327 e. The molecule has 0 amide bonds. The van der Waals surface area contributed by atoms with Crippen LogP contribution in [0, 0.1) is 0 Å². The van der Waals surface area contributed by atoms with E-state index in [1.165, 1.54) is 10.7 Å². The van der Waals surface area contributed by atoms with Crippen molar-refractivity contribution in [2.45, 2.75) is 13.5 Å². The third kappa shape index (κ3) is 2.68. The van der Waals surface area contributed by atoms with E-state index in [-0.39, 0.29) is 12.1 Å². The van der Waals surface area contributed by atoms with E-state index in [1.807, 2.05) is 30.3 Å². The molecule has 0 bridgehead atoms. The van der Waals surface area contributed by atoms with Gasteiger partial charge in [-0.15, -0.1) is 0 Å². The molecule has 1 aromatic carbocycles. The second-order valence-corrected chi connectivity index (χ2v) is 3.77. The van der Waals surface area contributed by atoms with Crippen LogP contribution in [0.5, 0.6) is 0 Å². The standard InChI is InChI=1S/C13H14N2O3/c1-2-18-13(17)9-15-12(16)8-11(14-15)10-6-4-3-5-7-10/h3-8,14H,2,9H2,1H3. The SMILES string of the molecule is CCOC(=O)Cn1[nH]c(-c2ccccc2)cc1=O. The van der Waals surface area contributed by atoms with Crippen LogP contribution in [0.15, 0.2) is 41.2 Å². The van der Waals surface area contributed by atoms with Crippen molar-refractivity contribution < 1.29 is 9.53 Å². The van der Waals surface area contributed by atoms with Gasteiger partial charge in [0.2, 0.25) is 0 Å². The van der Waals surface area contributed by atoms with Crippen molar-refractivity contribution in [2.24, 2.45) is 0 Å². The van der Waals surface area contributed by atoms with Gasteiger partial charge in [0.1, 0.15) is 6.54 Å². The monoisotopic (exact) mass is 246 g/mol. The number of esters is 1. The van der Waals surface area contributed by atoms with Crippen LogP contribution in [-0.4, -0.2) is 22.4 Å². The first-order valence-electron chi connectivity index (χ1n) is 5.71. The van der Waals surface area contributed by atoms with Crippen molar-refractivity contribution in [3.63, 3.8) is 0 Å². The number of aromatic amines is 1. The van der Waals surface area contributed by atoms with E-state index < -0.39 is 5.97 Å². The Morgan fingerprint density at radius 1 is 1.33 bits per heavy atom. The largest absolute Gasteiger partial charge is 0.465 e. The summed E-state index contributed by atoms with van der Waals surface area (Å²) in [7, 11) is 0. The van der Waals surface area contributed by atoms with Gasteiger partial charge in [0.05, 0.1) is 12.3 Å². The third-order valence-electron chi connectivity index (χ3n) is 2.47. The number of rotatable bonds is 4. The normalized spacial score (nSPS) is 10.3. The molecule has 0 saturated heterocycles. The predicted molar refractivity (Wildman–Crippen MR) is 67.1 cm³/mol. The van der Waals surface area contributed by atoms with Gasteiger partial charge < -0.3 is 4.74 Å². The minimum absolute atomic E-state index is 0.0977. The van der Waals surface area contributed by atoms with Gasteiger partial charge in [0.15, 0.2) is 0 Å². The summed E-state index contributed by atoms with van der Waals surface area (Å²) in [4.78, 5) is 23.0. The molecule has 0 spiro atoms. The Morgan fingerprint density at radius 3 is 2.72 bits per heavy atom. The fourth-order valence-electron chi connectivity index (χ4n) is 1.65. The van der Waals surface area contributed by atoms with Crippen LogP contribution in [0.2, 0.25) is 0 Å². The smallest absolute Gasteiger partial charge is 0.327 e. The zero-order chi connectivity index (χ0) is 13.0. The Kier molecular flexibility index (Phi) is 3.62. The molecular formula is C13H14N2O3. The number of nitrogens with one attached hydrogen (secondary N) is 1. The van der Waals surface area contributed by atoms with Crippen LogP contribution >= 0.6 is 0 Å². The average molecular weight is 246 g/mol. The van der Waals surface area contributed by atoms with Crippen molar-refractivity contribution >= 4 is 5.97 Å². The third-order valence-corrected chi connectivity index (χ3v) is 2.47. The number of carbonyl (C=O) groups excluding carboxylic acids is 1. The van der Waals surface area contributed by atoms with Gasteiger partial charge in [-0.25, -0.2) is 4.68 Å². The summed E-state index contributed by atoms with van der Waals surface area (Å²) in [5.41, 5.74) is 1.34. The highest BCUT2D eigenvalue weighted by Crippen LogP contribution is 2.13. The van der Waals surface area contributed by atoms with Crippen LogP contribution in [0.1, 0.15) is 6.92 Å². The molecule has 1 N–H and O–H groups in total. The Balaban J connectivity index is 2.23. The van der Waals surface area contributed by atoms with Crippen molar-refractivity contribution in [3.8, 4) is 11.3 Å². The fourth-order valence-corrected chi connectivity index (χ4v) is 1.65. The number of carbonyl (C=O) groups is 1. The van der Waals surface area contributed by atoms with Crippen LogP contribution in [0.3, 0.4) is 0 Å². The Bertz CT molecular complexity index is 584. The lowest BCUT2D eigenvalue weighted by Gasteiger charge is -2.02. The highest BCUT2D eigenvalue weighted by atomic mass is 16.5. The minimum Gasteiger partial charge on any atom is -0.465 e. The lowest BCUT2D eigenvalue weighted by Crippen LogP contribution is -2.22. The number of benzene rings is 1. The highest BCUT2D eigenvalue weighted by Gasteiger charge is 2.09. The number of aromatic nitrogens is 2. The first kappa shape index (κ1) is 12.2. The average Bonchev–Trinajstić information content (AvgIpc) is 2.72. The summed E-state index contributed by atoms with van der Waals surface area (Å²) < 4.78 is 6.03. The molecule has 2 aromatic rings. The van der Waals surface area contributed by atoms with Gasteiger partial charge >= 0.3 is 5.97 Å². The van der Waals surface area contributed by atoms with E-state index in [4.69, 9.17) is 4.74 Å². The summed E-state index contributed by atoms with van der Waals surface area (Å²) in [5.74, 6) is -0.430. The molecule has 0 fully saturated rings. The lowest BCUT2D eigenvalue weighted by atomic mass is 10.2. The molecule has 0 aliphatic carbocycles. The van der Waals surface area contributed by atoms with Gasteiger partial charge in [-0.2, -0.15) is 0 Å². The molecule has 5 nitrogen and oxygen atoms in total. The van der Waals surface area contributed by atoms with Gasteiger partial charge in [-0.3, -0.25) is 14.7 Å². The number of hydrogen-bond acceptors (Lipinski definition) is 3. The van der Waals surface area contributed by atoms with E-state index in [0.29, 0.717) is 12.3 Å². The molecule has 1 heterocycles. The molecule has 0 aliphatic heterocycles. The number of H-pyrrole nitrogens is 1. The van der Waals surface area contributed by atoms with Gasteiger partial charge in [-0.05, 0) is 12.5 Å². The van der Waals surface area contributed by atoms with Gasteiger partial charge in [0, 0.05) is 6.07 Å². The molecule has 0 saturated carbocycles. The molecular weight excluding hydrogens is 232 g/mol. The van der Waals surface area contributed by atoms with E-state index in [9.17, 15) is 9.59 Å². The molecule has 0 aliphatic rings. The van der Waals surface area contributed by atoms with Crippen molar-refractivity contribution in [1.82, 2.24) is 9.78 Å². The molecule has 0 radical (unpaired) electrons. The Labute approximate surface area is 104 Å². The minimum atomic E-state index is -0.430. The summed E-state index contributed by atoms with van der Waals surface area (Å²) in [6, 6.07) is 10.9. The first-order valence-corrected chi connectivity index (χ1v) is 5.71. The maximum atomic E-state index is 11.7. The molecule has 1 aromatic heterocycles. The molecule has 0 unspecified atom stereocenters. The second kappa shape index (κ2) is 5.35. The molecule has 18 heavy (non-hydrogen) atoms. The predicted octanol–water partition coefficient (Wildman–Crippen LogP) is 1.41. The van der Waals surface area contributed by atoms with Gasteiger partial charge in [0.25, 0.3) is 5.56 Å². The fraction of sp³-hybridized carbons (Fsp3) is 0.231. The number of hydrogen-bond donors (Lipinski definition) is 1. The van der Waals surface area contributed by atoms with Crippen LogP contribution in [0.25, 0.3) is 11.3 Å². The Hall–Kier alpha value is -2.30. The first-order chi connectivity index (χ1) is 8.70. The van der Waals surface area contributed by atoms with E-state index in [1.54, 1.807) is 6.92 Å². The second-order valence-electron chi connectivity index (χ2n) is 3.77. The van der Waals surface area contributed by atoms with Crippen LogP contribution in [-0.2, 0) is 16.1 Å². The Morgan fingerprint density at radius 2 is 2.06 bits per heavy atom. The van der Waals surface area contributed by atoms with E-state index in [2.05, 4.69) is 5.10 Å². The van der Waals surface area contributed by atoms with Crippen molar-refractivity contribution in [1.29, 1.82) is 0 Å². The van der Waals surface area contributed by atoms with Crippen LogP contribution in [0.4, 0.5) is 0 Å². The van der Waals surface area contributed by atoms with Crippen molar-refractivity contribution in [2.75, 3.05) is 6.61 Å². The zero-order valence-electron chi connectivity index (χ0n) is 10.1. The van der Waals surface area contributed by atoms with Gasteiger partial charge in [-0.1, -0.05) is 30.3 Å². The molecule has 5 heteroatoms. The summed E-state index contributed by atoms with van der Waals surface area (Å²) in [5, 5.41) is 2.89. The topological polar surface area (TPSA) is 64.1 Å². The molecule has 0 atom stereocenters. The van der Waals surface area contributed by atoms with Crippen LogP contribution < -0.4 is 5.56 Å². The summed E-state index contributed by atoms with van der Waals surface area (Å²) in [6.07, 6.45) is 0. The number of ether oxygens (including phenoxy) is 1. The highest BCUT2D eigenvalue weighted by molar-refractivity contribution is 5.69. The summed E-state index contributed by atoms with van der Waals surface area (Å²) in [6.45, 7) is 1.93. The lowest BCUT2D eigenvalue weighted by molar-refractivity contribution is -0.144. The van der Waals surface area contributed by atoms with E-state index >= 15 is 0 Å². The number of nitrogens with zero attached hydrogens (tertiary/aromatic N) is 1. The maximum absolute atomic E-state index is 11.7. The van der Waals surface area contributed by atoms with E-state index in [0.717, 1.165) is 5.56 Å². The zero-order valence-corrected chi connectivity index (χ0v) is 10.1. The molecule has 2 rings (SSSR count). The summed E-state index contributed by atoms with van der Waals surface area (Å²) >= 11 is 0.